The molecule has 0 spiro atoms. The monoisotopic (exact) mass is 453 g/mol. The number of hydrogen-bond acceptors (Lipinski definition) is 7. The molecule has 1 unspecified atom stereocenters. The van der Waals surface area contributed by atoms with Crippen LogP contribution >= 0.6 is 22.6 Å². The van der Waals surface area contributed by atoms with Crippen molar-refractivity contribution in [2.45, 2.75) is 19.6 Å². The van der Waals surface area contributed by atoms with Gasteiger partial charge in [-0.25, -0.2) is 4.98 Å². The van der Waals surface area contributed by atoms with E-state index in [0.29, 0.717) is 36.0 Å². The fraction of sp³-hybridized carbons (Fsp3) is 0.312. The van der Waals surface area contributed by atoms with Crippen LogP contribution in [0.1, 0.15) is 12.5 Å². The van der Waals surface area contributed by atoms with E-state index in [1.54, 1.807) is 13.3 Å². The summed E-state index contributed by atoms with van der Waals surface area (Å²) in [6.07, 6.45) is 1.21. The lowest BCUT2D eigenvalue weighted by Crippen LogP contribution is -2.17. The van der Waals surface area contributed by atoms with Gasteiger partial charge in [0.25, 0.3) is 0 Å². The van der Waals surface area contributed by atoms with E-state index in [9.17, 15) is 5.11 Å². The average molecular weight is 453 g/mol. The molecule has 8 nitrogen and oxygen atoms in total. The van der Waals surface area contributed by atoms with Crippen LogP contribution in [0.2, 0.25) is 0 Å². The fourth-order valence-corrected chi connectivity index (χ4v) is 2.91. The van der Waals surface area contributed by atoms with E-state index in [1.807, 2.05) is 29.8 Å². The third kappa shape index (κ3) is 4.10. The summed E-state index contributed by atoms with van der Waals surface area (Å²) in [5.41, 5.74) is 9.17. The van der Waals surface area contributed by atoms with Crippen molar-refractivity contribution in [2.24, 2.45) is 7.05 Å². The molecule has 0 aliphatic carbocycles. The number of imidazole rings is 1. The van der Waals surface area contributed by atoms with Crippen molar-refractivity contribution in [3.63, 3.8) is 0 Å². The van der Waals surface area contributed by atoms with Crippen molar-refractivity contribution in [3.05, 3.63) is 33.7 Å². The molecule has 0 aliphatic heterocycles. The first-order chi connectivity index (χ1) is 11.9. The third-order valence-electron chi connectivity index (χ3n) is 3.67. The number of aliphatic hydroxyl groups is 1. The zero-order valence-corrected chi connectivity index (χ0v) is 16.1. The van der Waals surface area contributed by atoms with Crippen LogP contribution in [-0.4, -0.2) is 37.3 Å². The Kier molecular flexibility index (Phi) is 5.23. The maximum Gasteiger partial charge on any atom is 0.226 e. The average Bonchev–Trinajstić information content (AvgIpc) is 2.95. The number of nitrogens with one attached hydrogen (secondary N) is 2. The van der Waals surface area contributed by atoms with Gasteiger partial charge in [0.15, 0.2) is 17.0 Å². The highest BCUT2D eigenvalue weighted by molar-refractivity contribution is 14.1. The van der Waals surface area contributed by atoms with E-state index >= 15 is 0 Å². The zero-order chi connectivity index (χ0) is 18.0. The van der Waals surface area contributed by atoms with Crippen molar-refractivity contribution in [2.75, 3.05) is 22.9 Å². The van der Waals surface area contributed by atoms with Crippen LogP contribution in [-0.2, 0) is 13.6 Å². The summed E-state index contributed by atoms with van der Waals surface area (Å²) in [6, 6.07) is 5.90. The van der Waals surface area contributed by atoms with Crippen molar-refractivity contribution in [3.8, 4) is 0 Å². The van der Waals surface area contributed by atoms with Crippen LogP contribution in [0.5, 0.6) is 0 Å². The molecule has 9 heteroatoms. The number of aryl methyl sites for hydroxylation is 1. The Bertz CT molecular complexity index is 894. The number of rotatable bonds is 6. The molecule has 0 radical (unpaired) electrons. The first-order valence-corrected chi connectivity index (χ1v) is 8.90. The minimum absolute atomic E-state index is 0.368. The molecule has 0 aliphatic rings. The van der Waals surface area contributed by atoms with E-state index < -0.39 is 6.10 Å². The molecule has 5 N–H and O–H groups in total. The summed E-state index contributed by atoms with van der Waals surface area (Å²) in [6.45, 7) is 2.60. The van der Waals surface area contributed by atoms with Gasteiger partial charge >= 0.3 is 0 Å². The number of aliphatic hydroxyl groups excluding tert-OH is 1. The fourth-order valence-electron chi connectivity index (χ4n) is 2.35. The molecule has 25 heavy (non-hydrogen) atoms. The second-order valence-corrected chi connectivity index (χ2v) is 7.10. The molecule has 0 amide bonds. The van der Waals surface area contributed by atoms with E-state index in [2.05, 4.69) is 48.2 Å². The Morgan fingerprint density at radius 3 is 2.88 bits per heavy atom. The largest absolute Gasteiger partial charge is 0.398 e. The standard InChI is InChI=1S/C16H20IN7O/c1-9(25)6-20-16-22-14(13-15(23-16)24(2)8-21-13)19-7-10-5-11(17)3-4-12(10)18/h3-5,8-9,25H,6-7,18H2,1-2H3,(H2,19,20,22,23). The summed E-state index contributed by atoms with van der Waals surface area (Å²) in [4.78, 5) is 13.3. The molecule has 2 heterocycles. The molecular formula is C16H20IN7O. The first-order valence-electron chi connectivity index (χ1n) is 7.83. The van der Waals surface area contributed by atoms with Crippen molar-refractivity contribution in [1.29, 1.82) is 0 Å². The number of anilines is 3. The van der Waals surface area contributed by atoms with Gasteiger partial charge in [0.05, 0.1) is 12.4 Å². The van der Waals surface area contributed by atoms with Crippen LogP contribution < -0.4 is 16.4 Å². The minimum atomic E-state index is -0.492. The Hall–Kier alpha value is -2.14. The van der Waals surface area contributed by atoms with Crippen molar-refractivity contribution >= 4 is 51.2 Å². The molecule has 1 atom stereocenters. The number of hydrogen-bond donors (Lipinski definition) is 4. The first kappa shape index (κ1) is 17.7. The predicted octanol–water partition coefficient (Wildman–Crippen LogP) is 1.95. The highest BCUT2D eigenvalue weighted by atomic mass is 127. The third-order valence-corrected chi connectivity index (χ3v) is 4.34. The van der Waals surface area contributed by atoms with E-state index in [0.717, 1.165) is 14.8 Å². The second-order valence-electron chi connectivity index (χ2n) is 5.85. The Labute approximate surface area is 159 Å². The SMILES string of the molecule is CC(O)CNc1nc(NCc2cc(I)ccc2N)c2ncn(C)c2n1. The van der Waals surface area contributed by atoms with Gasteiger partial charge in [0, 0.05) is 29.4 Å². The smallest absolute Gasteiger partial charge is 0.226 e. The summed E-state index contributed by atoms with van der Waals surface area (Å²) in [5, 5.41) is 15.8. The van der Waals surface area contributed by atoms with Gasteiger partial charge in [0.2, 0.25) is 5.95 Å². The molecule has 0 saturated carbocycles. The summed E-state index contributed by atoms with van der Waals surface area (Å²) < 4.78 is 2.95. The highest BCUT2D eigenvalue weighted by Gasteiger charge is 2.13. The van der Waals surface area contributed by atoms with E-state index in [4.69, 9.17) is 5.73 Å². The zero-order valence-electron chi connectivity index (χ0n) is 14.0. The van der Waals surface area contributed by atoms with E-state index in [1.165, 1.54) is 0 Å². The number of nitrogens with zero attached hydrogens (tertiary/aromatic N) is 4. The lowest BCUT2D eigenvalue weighted by Gasteiger charge is -2.12. The molecule has 2 aromatic heterocycles. The molecule has 0 bridgehead atoms. The van der Waals surface area contributed by atoms with Gasteiger partial charge < -0.3 is 26.0 Å². The topological polar surface area (TPSA) is 114 Å². The van der Waals surface area contributed by atoms with Crippen LogP contribution in [0.4, 0.5) is 17.5 Å². The normalized spacial score (nSPS) is 12.3. The predicted molar refractivity (Wildman–Crippen MR) is 107 cm³/mol. The van der Waals surface area contributed by atoms with Gasteiger partial charge in [-0.1, -0.05) is 0 Å². The molecule has 3 aromatic rings. The van der Waals surface area contributed by atoms with Crippen LogP contribution in [0.3, 0.4) is 0 Å². The number of nitrogens with two attached hydrogens (primary N) is 1. The lowest BCUT2D eigenvalue weighted by molar-refractivity contribution is 0.208. The second kappa shape index (κ2) is 7.40. The van der Waals surface area contributed by atoms with Crippen LogP contribution in [0, 0.1) is 3.57 Å². The van der Waals surface area contributed by atoms with E-state index in [-0.39, 0.29) is 0 Å². The number of nitrogen functional groups attached to an aromatic ring is 1. The highest BCUT2D eigenvalue weighted by Crippen LogP contribution is 2.22. The van der Waals surface area contributed by atoms with Gasteiger partial charge in [-0.2, -0.15) is 9.97 Å². The van der Waals surface area contributed by atoms with Gasteiger partial charge in [-0.15, -0.1) is 0 Å². The van der Waals surface area contributed by atoms with Gasteiger partial charge in [0.1, 0.15) is 0 Å². The number of benzene rings is 1. The Morgan fingerprint density at radius 1 is 1.32 bits per heavy atom. The van der Waals surface area contributed by atoms with Gasteiger partial charge in [-0.3, -0.25) is 0 Å². The summed E-state index contributed by atoms with van der Waals surface area (Å²) >= 11 is 2.26. The quantitative estimate of drug-likeness (QED) is 0.333. The molecule has 132 valence electrons. The molecule has 0 saturated heterocycles. The Balaban J connectivity index is 1.89. The Morgan fingerprint density at radius 2 is 2.12 bits per heavy atom. The number of halogens is 1. The van der Waals surface area contributed by atoms with Crippen molar-refractivity contribution < 1.29 is 5.11 Å². The molecule has 1 aromatic carbocycles. The molecular weight excluding hydrogens is 433 g/mol. The summed E-state index contributed by atoms with van der Waals surface area (Å²) in [7, 11) is 1.88. The number of aromatic nitrogens is 4. The minimum Gasteiger partial charge on any atom is -0.398 e. The molecule has 0 fully saturated rings. The molecule has 3 rings (SSSR count). The lowest BCUT2D eigenvalue weighted by atomic mass is 10.2. The summed E-state index contributed by atoms with van der Waals surface area (Å²) in [5.74, 6) is 1.06. The van der Waals surface area contributed by atoms with Crippen LogP contribution in [0.25, 0.3) is 11.2 Å². The number of fused-ring (bicyclic) bond motifs is 1. The van der Waals surface area contributed by atoms with Gasteiger partial charge in [-0.05, 0) is 53.3 Å². The van der Waals surface area contributed by atoms with Crippen LogP contribution in [0.15, 0.2) is 24.5 Å². The maximum atomic E-state index is 9.45. The van der Waals surface area contributed by atoms with Crippen molar-refractivity contribution in [1.82, 2.24) is 19.5 Å². The maximum absolute atomic E-state index is 9.45.